The number of carbonyl (C=O) groups is 1. The van der Waals surface area contributed by atoms with Gasteiger partial charge in [0.2, 0.25) is 0 Å². The third kappa shape index (κ3) is 4.41. The largest absolute Gasteiger partial charge is 0.486 e. The summed E-state index contributed by atoms with van der Waals surface area (Å²) in [6.07, 6.45) is 0. The molecule has 0 atom stereocenters. The minimum atomic E-state index is -1.71. The Kier molecular flexibility index (Phi) is 5.68. The molecule has 3 rings (SSSR count). The molecule has 0 unspecified atom stereocenters. The van der Waals surface area contributed by atoms with Gasteiger partial charge in [-0.2, -0.15) is 0 Å². The zero-order valence-electron chi connectivity index (χ0n) is 13.4. The lowest BCUT2D eigenvalue weighted by atomic mass is 10.2. The van der Waals surface area contributed by atoms with Crippen LogP contribution < -0.4 is 10.1 Å². The highest BCUT2D eigenvalue weighted by Crippen LogP contribution is 2.25. The monoisotopic (exact) mass is 491 g/mol. The number of hydrogen-bond acceptors (Lipinski definition) is 3. The van der Waals surface area contributed by atoms with Crippen molar-refractivity contribution in [2.24, 2.45) is 0 Å². The molecule has 27 heavy (non-hydrogen) atoms. The number of rotatable bonds is 5. The van der Waals surface area contributed by atoms with E-state index < -0.39 is 34.9 Å². The smallest absolute Gasteiger partial charge is 0.291 e. The van der Waals surface area contributed by atoms with E-state index in [4.69, 9.17) is 9.15 Å². The van der Waals surface area contributed by atoms with E-state index in [1.165, 1.54) is 12.1 Å². The maximum Gasteiger partial charge on any atom is 0.291 e. The normalized spacial score (nSPS) is 10.7. The summed E-state index contributed by atoms with van der Waals surface area (Å²) < 4.78 is 65.4. The van der Waals surface area contributed by atoms with E-state index in [0.29, 0.717) is 5.75 Å². The van der Waals surface area contributed by atoms with E-state index in [9.17, 15) is 22.4 Å². The van der Waals surface area contributed by atoms with Crippen molar-refractivity contribution in [3.63, 3.8) is 0 Å². The molecule has 0 aliphatic rings. The first-order chi connectivity index (χ1) is 12.8. The second-order valence-electron chi connectivity index (χ2n) is 5.31. The maximum atomic E-state index is 13.6. The van der Waals surface area contributed by atoms with E-state index in [1.807, 2.05) is 12.1 Å². The van der Waals surface area contributed by atoms with Gasteiger partial charge in [0.1, 0.15) is 23.8 Å². The van der Waals surface area contributed by atoms with Gasteiger partial charge in [-0.05, 0) is 59.0 Å². The van der Waals surface area contributed by atoms with Gasteiger partial charge in [0, 0.05) is 9.64 Å². The third-order valence-electron chi connectivity index (χ3n) is 3.43. The molecule has 0 spiro atoms. The van der Waals surface area contributed by atoms with Crippen LogP contribution in [-0.2, 0) is 6.61 Å². The highest BCUT2D eigenvalue weighted by molar-refractivity contribution is 14.1. The van der Waals surface area contributed by atoms with Crippen LogP contribution in [0.25, 0.3) is 0 Å². The molecule has 0 aliphatic carbocycles. The fraction of sp³-hybridized carbons (Fsp3) is 0.0556. The van der Waals surface area contributed by atoms with E-state index in [-0.39, 0.29) is 24.2 Å². The van der Waals surface area contributed by atoms with Crippen LogP contribution in [0.5, 0.6) is 5.75 Å². The summed E-state index contributed by atoms with van der Waals surface area (Å²) in [7, 11) is 0. The van der Waals surface area contributed by atoms with E-state index in [0.717, 1.165) is 3.57 Å². The van der Waals surface area contributed by atoms with Crippen LogP contribution in [0.3, 0.4) is 0 Å². The van der Waals surface area contributed by atoms with Crippen molar-refractivity contribution >= 4 is 34.2 Å². The number of hydrogen-bond donors (Lipinski definition) is 1. The molecule has 1 heterocycles. The summed E-state index contributed by atoms with van der Waals surface area (Å²) in [6.45, 7) is 0.00515. The Balaban J connectivity index is 1.69. The molecule has 0 aliphatic heterocycles. The Labute approximate surface area is 164 Å². The van der Waals surface area contributed by atoms with E-state index in [1.54, 1.807) is 17.4 Å². The van der Waals surface area contributed by atoms with Crippen molar-refractivity contribution in [1.82, 2.24) is 0 Å². The molecule has 4 nitrogen and oxygen atoms in total. The molecular weight excluding hydrogens is 481 g/mol. The molecule has 1 N–H and O–H groups in total. The van der Waals surface area contributed by atoms with Crippen LogP contribution in [0.1, 0.15) is 16.3 Å². The average molecular weight is 491 g/mol. The molecule has 9 heteroatoms. The first kappa shape index (κ1) is 19.2. The Morgan fingerprint density at radius 1 is 1.00 bits per heavy atom. The number of halogens is 5. The molecule has 0 bridgehead atoms. The first-order valence-corrected chi connectivity index (χ1v) is 8.54. The van der Waals surface area contributed by atoms with Gasteiger partial charge < -0.3 is 14.5 Å². The lowest BCUT2D eigenvalue weighted by Crippen LogP contribution is -2.15. The second kappa shape index (κ2) is 7.99. The molecule has 2 aromatic carbocycles. The van der Waals surface area contributed by atoms with Crippen LogP contribution in [0.2, 0.25) is 0 Å². The summed E-state index contributed by atoms with van der Waals surface area (Å²) in [5.74, 6) is -7.21. The Bertz CT molecular complexity index is 963. The number of furan rings is 1. The Morgan fingerprint density at radius 2 is 1.63 bits per heavy atom. The summed E-state index contributed by atoms with van der Waals surface area (Å²) in [5, 5.41) is 1.77. The van der Waals surface area contributed by atoms with Crippen LogP contribution in [0.4, 0.5) is 23.2 Å². The molecular formula is C18H10F4INO3. The summed E-state index contributed by atoms with van der Waals surface area (Å²) in [5.41, 5.74) is -1.23. The third-order valence-corrected chi connectivity index (χ3v) is 4.15. The standard InChI is InChI=1S/C18H10F4INO3/c19-12-7-13(20)16(22)17(15(12)21)24-18(25)14-6-5-11(27-14)8-26-10-3-1-9(23)2-4-10/h1-7H,8H2,(H,24,25). The van der Waals surface area contributed by atoms with Gasteiger partial charge in [0.05, 0.1) is 0 Å². The topological polar surface area (TPSA) is 51.5 Å². The molecule has 1 amide bonds. The number of carbonyl (C=O) groups excluding carboxylic acids is 1. The molecule has 0 saturated carbocycles. The van der Waals surface area contributed by atoms with Crippen LogP contribution in [-0.4, -0.2) is 5.91 Å². The molecule has 0 saturated heterocycles. The van der Waals surface area contributed by atoms with Crippen LogP contribution in [0.15, 0.2) is 46.9 Å². The first-order valence-electron chi connectivity index (χ1n) is 7.46. The average Bonchev–Trinajstić information content (AvgIpc) is 3.12. The quantitative estimate of drug-likeness (QED) is 0.301. The van der Waals surface area contributed by atoms with Gasteiger partial charge in [-0.15, -0.1) is 0 Å². The molecule has 0 radical (unpaired) electrons. The van der Waals surface area contributed by atoms with Crippen molar-refractivity contribution in [2.75, 3.05) is 5.32 Å². The van der Waals surface area contributed by atoms with Gasteiger partial charge in [-0.3, -0.25) is 4.79 Å². The Hall–Kier alpha value is -2.56. The number of nitrogens with one attached hydrogen (secondary N) is 1. The zero-order valence-corrected chi connectivity index (χ0v) is 15.5. The van der Waals surface area contributed by atoms with Crippen molar-refractivity contribution < 1.29 is 31.5 Å². The van der Waals surface area contributed by atoms with Crippen molar-refractivity contribution in [3.05, 3.63) is 80.8 Å². The van der Waals surface area contributed by atoms with Gasteiger partial charge in [-0.1, -0.05) is 0 Å². The summed E-state index contributed by atoms with van der Waals surface area (Å²) in [6, 6.07) is 9.92. The Morgan fingerprint density at radius 3 is 2.26 bits per heavy atom. The number of ether oxygens (including phenoxy) is 1. The number of amides is 1. The fourth-order valence-electron chi connectivity index (χ4n) is 2.12. The molecule has 3 aromatic rings. The molecule has 0 fully saturated rings. The van der Waals surface area contributed by atoms with Gasteiger partial charge >= 0.3 is 0 Å². The van der Waals surface area contributed by atoms with E-state index >= 15 is 0 Å². The minimum Gasteiger partial charge on any atom is -0.486 e. The van der Waals surface area contributed by atoms with Gasteiger partial charge in [-0.25, -0.2) is 17.6 Å². The predicted molar refractivity (Wildman–Crippen MR) is 96.4 cm³/mol. The lowest BCUT2D eigenvalue weighted by Gasteiger charge is -2.07. The maximum absolute atomic E-state index is 13.6. The van der Waals surface area contributed by atoms with Crippen molar-refractivity contribution in [1.29, 1.82) is 0 Å². The fourth-order valence-corrected chi connectivity index (χ4v) is 2.48. The summed E-state index contributed by atoms with van der Waals surface area (Å²) in [4.78, 5) is 12.0. The van der Waals surface area contributed by atoms with Crippen LogP contribution in [0, 0.1) is 26.8 Å². The highest BCUT2D eigenvalue weighted by atomic mass is 127. The molecule has 1 aromatic heterocycles. The highest BCUT2D eigenvalue weighted by Gasteiger charge is 2.22. The predicted octanol–water partition coefficient (Wildman–Crippen LogP) is 5.27. The molecule has 140 valence electrons. The van der Waals surface area contributed by atoms with E-state index in [2.05, 4.69) is 22.6 Å². The minimum absolute atomic E-state index is 0.00515. The number of benzene rings is 2. The van der Waals surface area contributed by atoms with Crippen LogP contribution >= 0.6 is 22.6 Å². The van der Waals surface area contributed by atoms with Crippen molar-refractivity contribution in [2.45, 2.75) is 6.61 Å². The SMILES string of the molecule is O=C(Nc1c(F)c(F)cc(F)c1F)c1ccc(COc2ccc(I)cc2)o1. The van der Waals surface area contributed by atoms with Crippen molar-refractivity contribution in [3.8, 4) is 5.75 Å². The van der Waals surface area contributed by atoms with Gasteiger partial charge in [0.15, 0.2) is 29.0 Å². The number of anilines is 1. The second-order valence-corrected chi connectivity index (χ2v) is 6.55. The lowest BCUT2D eigenvalue weighted by molar-refractivity contribution is 0.0991. The zero-order chi connectivity index (χ0) is 19.6. The summed E-state index contributed by atoms with van der Waals surface area (Å²) >= 11 is 2.15. The van der Waals surface area contributed by atoms with Gasteiger partial charge in [0.25, 0.3) is 5.91 Å².